The van der Waals surface area contributed by atoms with Crippen molar-refractivity contribution in [2.75, 3.05) is 18.4 Å². The van der Waals surface area contributed by atoms with Gasteiger partial charge < -0.3 is 5.32 Å². The minimum Gasteiger partial charge on any atom is -0.370 e. The van der Waals surface area contributed by atoms with Crippen LogP contribution in [0.2, 0.25) is 0 Å². The Morgan fingerprint density at radius 2 is 2.29 bits per heavy atom. The Morgan fingerprint density at radius 1 is 1.35 bits per heavy atom. The van der Waals surface area contributed by atoms with Crippen LogP contribution in [0.1, 0.15) is 44.6 Å². The summed E-state index contributed by atoms with van der Waals surface area (Å²) in [6, 6.07) is 4.13. The first-order valence-electron chi connectivity index (χ1n) is 6.64. The molecule has 1 aliphatic rings. The monoisotopic (exact) mass is 231 g/mol. The highest BCUT2D eigenvalue weighted by molar-refractivity contribution is 6.04. The van der Waals surface area contributed by atoms with Crippen molar-refractivity contribution < 1.29 is 0 Å². The van der Waals surface area contributed by atoms with Crippen LogP contribution in [-0.2, 0) is 0 Å². The molecule has 0 saturated heterocycles. The second-order valence-corrected chi connectivity index (χ2v) is 4.47. The van der Waals surface area contributed by atoms with Crippen molar-refractivity contribution in [3.8, 4) is 0 Å². The first-order valence-corrected chi connectivity index (χ1v) is 6.64. The van der Waals surface area contributed by atoms with Gasteiger partial charge in [-0.05, 0) is 37.8 Å². The summed E-state index contributed by atoms with van der Waals surface area (Å²) in [5.74, 6) is 1.00. The Hall–Kier alpha value is -1.38. The highest BCUT2D eigenvalue weighted by Crippen LogP contribution is 2.19. The lowest BCUT2D eigenvalue weighted by atomic mass is 10.0. The predicted octanol–water partition coefficient (Wildman–Crippen LogP) is 3.27. The van der Waals surface area contributed by atoms with Crippen LogP contribution < -0.4 is 5.32 Å². The maximum Gasteiger partial charge on any atom is 0.135 e. The molecule has 3 heteroatoms. The third-order valence-corrected chi connectivity index (χ3v) is 3.07. The molecule has 0 aliphatic carbocycles. The number of pyridine rings is 1. The number of rotatable bonds is 5. The summed E-state index contributed by atoms with van der Waals surface area (Å²) in [4.78, 5) is 9.06. The van der Waals surface area contributed by atoms with Gasteiger partial charge in [0, 0.05) is 30.6 Å². The van der Waals surface area contributed by atoms with Crippen LogP contribution in [0.25, 0.3) is 0 Å². The van der Waals surface area contributed by atoms with Crippen LogP contribution in [0.5, 0.6) is 0 Å². The summed E-state index contributed by atoms with van der Waals surface area (Å²) in [6.07, 6.45) is 7.80. The topological polar surface area (TPSA) is 37.3 Å². The van der Waals surface area contributed by atoms with Crippen LogP contribution in [0, 0.1) is 0 Å². The van der Waals surface area contributed by atoms with E-state index in [9.17, 15) is 0 Å². The van der Waals surface area contributed by atoms with E-state index in [1.54, 1.807) is 0 Å². The molecule has 17 heavy (non-hydrogen) atoms. The molecule has 2 rings (SSSR count). The minimum atomic E-state index is 0.971. The molecule has 1 aromatic heterocycles. The number of hydrogen-bond donors (Lipinski definition) is 1. The SMILES string of the molecule is CCCCNc1ncccc1C1=NCCCC1. The van der Waals surface area contributed by atoms with Gasteiger partial charge in [0.05, 0.1) is 0 Å². The summed E-state index contributed by atoms with van der Waals surface area (Å²) in [7, 11) is 0. The molecule has 92 valence electrons. The van der Waals surface area contributed by atoms with Gasteiger partial charge in [0.25, 0.3) is 0 Å². The zero-order chi connectivity index (χ0) is 11.9. The van der Waals surface area contributed by atoms with E-state index in [4.69, 9.17) is 0 Å². The third-order valence-electron chi connectivity index (χ3n) is 3.07. The van der Waals surface area contributed by atoms with Crippen molar-refractivity contribution in [3.05, 3.63) is 23.9 Å². The van der Waals surface area contributed by atoms with Gasteiger partial charge in [-0.15, -0.1) is 0 Å². The lowest BCUT2D eigenvalue weighted by molar-refractivity contribution is 0.738. The van der Waals surface area contributed by atoms with Gasteiger partial charge in [-0.1, -0.05) is 13.3 Å². The van der Waals surface area contributed by atoms with Crippen LogP contribution >= 0.6 is 0 Å². The minimum absolute atomic E-state index is 0.971. The van der Waals surface area contributed by atoms with Crippen LogP contribution in [-0.4, -0.2) is 23.8 Å². The lowest BCUT2D eigenvalue weighted by Gasteiger charge is -2.15. The standard InChI is InChI=1S/C14H21N3/c1-2-3-9-16-14-12(7-6-11-17-14)13-8-4-5-10-15-13/h6-7,11H,2-5,8-10H2,1H3,(H,16,17). The lowest BCUT2D eigenvalue weighted by Crippen LogP contribution is -2.13. The zero-order valence-electron chi connectivity index (χ0n) is 10.6. The predicted molar refractivity (Wildman–Crippen MR) is 72.9 cm³/mol. The van der Waals surface area contributed by atoms with E-state index in [1.165, 1.54) is 37.0 Å². The molecule has 0 spiro atoms. The largest absolute Gasteiger partial charge is 0.370 e. The number of nitrogens with one attached hydrogen (secondary N) is 1. The number of aromatic nitrogens is 1. The highest BCUT2D eigenvalue weighted by atomic mass is 15.0. The quantitative estimate of drug-likeness (QED) is 0.790. The second-order valence-electron chi connectivity index (χ2n) is 4.47. The molecule has 2 heterocycles. The first-order chi connectivity index (χ1) is 8.42. The molecule has 1 aromatic rings. The molecule has 3 nitrogen and oxygen atoms in total. The van der Waals surface area contributed by atoms with Gasteiger partial charge in [-0.2, -0.15) is 0 Å². The molecule has 0 amide bonds. The van der Waals surface area contributed by atoms with Crippen molar-refractivity contribution in [2.24, 2.45) is 4.99 Å². The molecular weight excluding hydrogens is 210 g/mol. The van der Waals surface area contributed by atoms with Gasteiger partial charge in [-0.3, -0.25) is 4.99 Å². The van der Waals surface area contributed by atoms with Crippen molar-refractivity contribution in [3.63, 3.8) is 0 Å². The maximum absolute atomic E-state index is 4.63. The van der Waals surface area contributed by atoms with E-state index < -0.39 is 0 Å². The van der Waals surface area contributed by atoms with Gasteiger partial charge in [0.1, 0.15) is 5.82 Å². The Kier molecular flexibility index (Phi) is 4.54. The fourth-order valence-electron chi connectivity index (χ4n) is 2.08. The van der Waals surface area contributed by atoms with E-state index in [0.717, 1.165) is 25.3 Å². The molecule has 0 radical (unpaired) electrons. The van der Waals surface area contributed by atoms with E-state index in [1.807, 2.05) is 12.3 Å². The molecule has 0 bridgehead atoms. The smallest absolute Gasteiger partial charge is 0.135 e. The van der Waals surface area contributed by atoms with E-state index in [2.05, 4.69) is 28.3 Å². The normalized spacial score (nSPS) is 15.5. The fraction of sp³-hybridized carbons (Fsp3) is 0.571. The van der Waals surface area contributed by atoms with E-state index >= 15 is 0 Å². The van der Waals surface area contributed by atoms with Gasteiger partial charge in [0.2, 0.25) is 0 Å². The number of nitrogens with zero attached hydrogens (tertiary/aromatic N) is 2. The van der Waals surface area contributed by atoms with Crippen molar-refractivity contribution in [1.82, 2.24) is 4.98 Å². The number of anilines is 1. The summed E-state index contributed by atoms with van der Waals surface area (Å²) in [6.45, 7) is 4.17. The summed E-state index contributed by atoms with van der Waals surface area (Å²) in [5.41, 5.74) is 2.42. The molecular formula is C14H21N3. The Bertz CT molecular complexity index is 385. The van der Waals surface area contributed by atoms with Gasteiger partial charge in [-0.25, -0.2) is 4.98 Å². The molecule has 1 aliphatic heterocycles. The molecule has 0 atom stereocenters. The summed E-state index contributed by atoms with van der Waals surface area (Å²) >= 11 is 0. The Labute approximate surface area is 103 Å². The van der Waals surface area contributed by atoms with Crippen molar-refractivity contribution >= 4 is 11.5 Å². The average molecular weight is 231 g/mol. The van der Waals surface area contributed by atoms with Gasteiger partial charge >= 0.3 is 0 Å². The number of hydrogen-bond acceptors (Lipinski definition) is 3. The molecule has 1 N–H and O–H groups in total. The maximum atomic E-state index is 4.63. The van der Waals surface area contributed by atoms with E-state index in [0.29, 0.717) is 0 Å². The number of unbranched alkanes of at least 4 members (excludes halogenated alkanes) is 1. The fourth-order valence-corrected chi connectivity index (χ4v) is 2.08. The first kappa shape index (κ1) is 12.1. The molecule has 0 aromatic carbocycles. The summed E-state index contributed by atoms with van der Waals surface area (Å²) in [5, 5.41) is 3.42. The molecule has 0 saturated carbocycles. The summed E-state index contributed by atoms with van der Waals surface area (Å²) < 4.78 is 0. The number of aliphatic imine (C=N–C) groups is 1. The van der Waals surface area contributed by atoms with Crippen molar-refractivity contribution in [2.45, 2.75) is 39.0 Å². The van der Waals surface area contributed by atoms with Crippen LogP contribution in [0.15, 0.2) is 23.3 Å². The van der Waals surface area contributed by atoms with Crippen molar-refractivity contribution in [1.29, 1.82) is 0 Å². The van der Waals surface area contributed by atoms with Crippen LogP contribution in [0.3, 0.4) is 0 Å². The van der Waals surface area contributed by atoms with E-state index in [-0.39, 0.29) is 0 Å². The molecule has 0 fully saturated rings. The average Bonchev–Trinajstić information content (AvgIpc) is 2.41. The third kappa shape index (κ3) is 3.29. The second kappa shape index (κ2) is 6.38. The Morgan fingerprint density at radius 3 is 3.06 bits per heavy atom. The zero-order valence-corrected chi connectivity index (χ0v) is 10.6. The van der Waals surface area contributed by atoms with Crippen LogP contribution in [0.4, 0.5) is 5.82 Å². The van der Waals surface area contributed by atoms with Gasteiger partial charge in [0.15, 0.2) is 0 Å². The Balaban J connectivity index is 2.12. The molecule has 0 unspecified atom stereocenters. The highest BCUT2D eigenvalue weighted by Gasteiger charge is 2.12.